The molecule has 10 heteroatoms. The lowest BCUT2D eigenvalue weighted by Crippen LogP contribution is -2.44. The minimum absolute atomic E-state index is 0.130. The fourth-order valence-electron chi connectivity index (χ4n) is 2.30. The topological polar surface area (TPSA) is 101 Å². The Labute approximate surface area is 131 Å². The maximum atomic E-state index is 12.3. The van der Waals surface area contributed by atoms with E-state index in [1.807, 2.05) is 0 Å². The van der Waals surface area contributed by atoms with Crippen LogP contribution >= 0.6 is 22.9 Å². The molecule has 1 aromatic rings. The number of nitrogens with zero attached hydrogens (tertiary/aromatic N) is 1. The highest BCUT2D eigenvalue weighted by molar-refractivity contribution is 7.91. The number of piperidine rings is 1. The molecule has 2 N–H and O–H groups in total. The molecule has 0 aliphatic carbocycles. The molecule has 118 valence electrons. The molecular formula is C11H16ClN3O4S2. The van der Waals surface area contributed by atoms with Crippen LogP contribution < -0.4 is 10.0 Å². The van der Waals surface area contributed by atoms with Crippen LogP contribution in [-0.4, -0.2) is 32.5 Å². The van der Waals surface area contributed by atoms with Crippen LogP contribution in [-0.2, 0) is 10.0 Å². The molecule has 2 heterocycles. The number of halogens is 1. The quantitative estimate of drug-likeness (QED) is 0.622. The Hall–Kier alpha value is -0.740. The van der Waals surface area contributed by atoms with Gasteiger partial charge in [0.15, 0.2) is 4.34 Å². The lowest BCUT2D eigenvalue weighted by atomic mass is 9.94. The average Bonchev–Trinajstić information content (AvgIpc) is 2.82. The highest BCUT2D eigenvalue weighted by Crippen LogP contribution is 2.36. The monoisotopic (exact) mass is 353 g/mol. The summed E-state index contributed by atoms with van der Waals surface area (Å²) in [5.74, 6) is 0.207. The molecular weight excluding hydrogens is 338 g/mol. The van der Waals surface area contributed by atoms with E-state index >= 15 is 0 Å². The van der Waals surface area contributed by atoms with Gasteiger partial charge in [-0.3, -0.25) is 10.1 Å². The van der Waals surface area contributed by atoms with Gasteiger partial charge in [-0.05, 0) is 38.8 Å². The SMILES string of the molecule is CC(NS(=O)(=O)c1cc([N+](=O)[O-])c(Cl)s1)C1CCCNC1. The van der Waals surface area contributed by atoms with Crippen LogP contribution in [0.5, 0.6) is 0 Å². The highest BCUT2D eigenvalue weighted by atomic mass is 35.5. The Morgan fingerprint density at radius 3 is 2.86 bits per heavy atom. The molecule has 0 radical (unpaired) electrons. The third-order valence-corrected chi connectivity index (χ3v) is 6.86. The summed E-state index contributed by atoms with van der Waals surface area (Å²) in [7, 11) is -3.79. The maximum absolute atomic E-state index is 12.3. The van der Waals surface area contributed by atoms with Crippen molar-refractivity contribution >= 4 is 38.6 Å². The fourth-order valence-corrected chi connectivity index (χ4v) is 5.29. The predicted octanol–water partition coefficient (Wildman–Crippen LogP) is 1.98. The Bertz CT molecular complexity index is 625. The Balaban J connectivity index is 2.14. The molecule has 0 bridgehead atoms. The second-order valence-corrected chi connectivity index (χ2v) is 8.59. The Kier molecular flexibility index (Phi) is 5.20. The van der Waals surface area contributed by atoms with Gasteiger partial charge in [0.2, 0.25) is 0 Å². The number of rotatable bonds is 5. The molecule has 1 saturated heterocycles. The number of sulfonamides is 1. The zero-order chi connectivity index (χ0) is 15.6. The average molecular weight is 354 g/mol. The molecule has 2 atom stereocenters. The molecule has 1 aliphatic heterocycles. The highest BCUT2D eigenvalue weighted by Gasteiger charge is 2.29. The van der Waals surface area contributed by atoms with Crippen molar-refractivity contribution in [3.05, 3.63) is 20.5 Å². The molecule has 0 spiro atoms. The van der Waals surface area contributed by atoms with E-state index in [0.717, 1.165) is 32.0 Å². The van der Waals surface area contributed by atoms with Crippen LogP contribution in [0.2, 0.25) is 4.34 Å². The van der Waals surface area contributed by atoms with Gasteiger partial charge in [-0.15, -0.1) is 11.3 Å². The van der Waals surface area contributed by atoms with Crippen molar-refractivity contribution in [3.63, 3.8) is 0 Å². The van der Waals surface area contributed by atoms with Gasteiger partial charge in [0.1, 0.15) is 4.21 Å². The van der Waals surface area contributed by atoms with Crippen LogP contribution in [0.1, 0.15) is 19.8 Å². The zero-order valence-corrected chi connectivity index (χ0v) is 13.7. The Morgan fingerprint density at radius 2 is 2.33 bits per heavy atom. The van der Waals surface area contributed by atoms with Gasteiger partial charge >= 0.3 is 0 Å². The minimum atomic E-state index is -3.79. The molecule has 2 rings (SSSR count). The second kappa shape index (κ2) is 6.57. The van der Waals surface area contributed by atoms with E-state index in [1.54, 1.807) is 6.92 Å². The number of nitro groups is 1. The van der Waals surface area contributed by atoms with E-state index in [2.05, 4.69) is 10.0 Å². The van der Waals surface area contributed by atoms with Crippen LogP contribution in [0.3, 0.4) is 0 Å². The Morgan fingerprint density at radius 1 is 1.62 bits per heavy atom. The minimum Gasteiger partial charge on any atom is -0.316 e. The smallest absolute Gasteiger partial charge is 0.300 e. The summed E-state index contributed by atoms with van der Waals surface area (Å²) in [6, 6.07) is 0.754. The van der Waals surface area contributed by atoms with E-state index in [9.17, 15) is 18.5 Å². The number of nitrogens with one attached hydrogen (secondary N) is 2. The lowest BCUT2D eigenvalue weighted by Gasteiger charge is -2.28. The first-order chi connectivity index (χ1) is 9.81. The molecule has 2 unspecified atom stereocenters. The van der Waals surface area contributed by atoms with Crippen molar-refractivity contribution in [2.45, 2.75) is 30.0 Å². The van der Waals surface area contributed by atoms with Gasteiger partial charge in [-0.1, -0.05) is 11.6 Å². The first-order valence-corrected chi connectivity index (χ1v) is 9.16. The largest absolute Gasteiger partial charge is 0.316 e. The van der Waals surface area contributed by atoms with Crippen molar-refractivity contribution in [2.24, 2.45) is 5.92 Å². The maximum Gasteiger partial charge on any atom is 0.300 e. The summed E-state index contributed by atoms with van der Waals surface area (Å²) >= 11 is 6.40. The molecule has 1 aromatic heterocycles. The lowest BCUT2D eigenvalue weighted by molar-refractivity contribution is -0.384. The molecule has 0 aromatic carbocycles. The summed E-state index contributed by atoms with van der Waals surface area (Å²) in [5.41, 5.74) is -0.381. The van der Waals surface area contributed by atoms with Crippen LogP contribution in [0, 0.1) is 16.0 Å². The van der Waals surface area contributed by atoms with Gasteiger partial charge in [-0.2, -0.15) is 0 Å². The van der Waals surface area contributed by atoms with Crippen LogP contribution in [0.15, 0.2) is 10.3 Å². The molecule has 0 amide bonds. The first kappa shape index (κ1) is 16.6. The molecule has 7 nitrogen and oxygen atoms in total. The second-order valence-electron chi connectivity index (χ2n) is 5.00. The van der Waals surface area contributed by atoms with Gasteiger partial charge in [-0.25, -0.2) is 13.1 Å². The van der Waals surface area contributed by atoms with Crippen molar-refractivity contribution < 1.29 is 13.3 Å². The van der Waals surface area contributed by atoms with Gasteiger partial charge in [0.25, 0.3) is 15.7 Å². The molecule has 1 aliphatic rings. The van der Waals surface area contributed by atoms with E-state index in [4.69, 9.17) is 11.6 Å². The van der Waals surface area contributed by atoms with Crippen molar-refractivity contribution in [1.82, 2.24) is 10.0 Å². The molecule has 21 heavy (non-hydrogen) atoms. The number of hydrogen-bond acceptors (Lipinski definition) is 6. The van der Waals surface area contributed by atoms with Gasteiger partial charge < -0.3 is 5.32 Å². The van der Waals surface area contributed by atoms with Crippen LogP contribution in [0.4, 0.5) is 5.69 Å². The van der Waals surface area contributed by atoms with Crippen molar-refractivity contribution in [2.75, 3.05) is 13.1 Å². The number of hydrogen-bond donors (Lipinski definition) is 2. The zero-order valence-electron chi connectivity index (χ0n) is 11.3. The first-order valence-electron chi connectivity index (χ1n) is 6.48. The third-order valence-electron chi connectivity index (χ3n) is 3.49. The van der Waals surface area contributed by atoms with Crippen molar-refractivity contribution in [1.29, 1.82) is 0 Å². The normalized spacial score (nSPS) is 21.1. The van der Waals surface area contributed by atoms with E-state index in [1.165, 1.54) is 0 Å². The molecule has 0 saturated carbocycles. The predicted molar refractivity (Wildman–Crippen MR) is 81.4 cm³/mol. The summed E-state index contributed by atoms with van der Waals surface area (Å²) < 4.78 is 26.9. The summed E-state index contributed by atoms with van der Waals surface area (Å²) in [6.45, 7) is 3.51. The number of thiophene rings is 1. The standard InChI is InChI=1S/C11H16ClN3O4S2/c1-7(8-3-2-4-13-6-8)14-21(18,19)10-5-9(15(16)17)11(12)20-10/h5,7-8,13-14H,2-4,6H2,1H3. The third kappa shape index (κ3) is 3.92. The van der Waals surface area contributed by atoms with E-state index < -0.39 is 14.9 Å². The summed E-state index contributed by atoms with van der Waals surface area (Å²) in [6.07, 6.45) is 1.95. The fraction of sp³-hybridized carbons (Fsp3) is 0.636. The van der Waals surface area contributed by atoms with Gasteiger partial charge in [0, 0.05) is 12.1 Å². The summed E-state index contributed by atoms with van der Waals surface area (Å²) in [4.78, 5) is 10.0. The van der Waals surface area contributed by atoms with Crippen LogP contribution in [0.25, 0.3) is 0 Å². The van der Waals surface area contributed by atoms with E-state index in [-0.39, 0.29) is 26.2 Å². The summed E-state index contributed by atoms with van der Waals surface area (Å²) in [5, 5.41) is 14.0. The van der Waals surface area contributed by atoms with E-state index in [0.29, 0.717) is 11.3 Å². The molecule has 1 fully saturated rings. The van der Waals surface area contributed by atoms with Gasteiger partial charge in [0.05, 0.1) is 4.92 Å². The van der Waals surface area contributed by atoms with Crippen molar-refractivity contribution in [3.8, 4) is 0 Å².